The zero-order chi connectivity index (χ0) is 37.7. The summed E-state index contributed by atoms with van der Waals surface area (Å²) in [5.41, 5.74) is 0. The maximum absolute atomic E-state index is 12.3. The van der Waals surface area contributed by atoms with Crippen molar-refractivity contribution in [3.8, 4) is 0 Å². The number of phosphoric ester groups is 1. The maximum atomic E-state index is 12.3. The zero-order valence-corrected chi connectivity index (χ0v) is 32.2. The lowest BCUT2D eigenvalue weighted by molar-refractivity contribution is -0.161. The number of carbonyl (C=O) groups is 2. The highest BCUT2D eigenvalue weighted by Gasteiger charge is 2.22. The van der Waals surface area contributed by atoms with Gasteiger partial charge >= 0.3 is 19.8 Å². The lowest BCUT2D eigenvalue weighted by Gasteiger charge is -2.18. The summed E-state index contributed by atoms with van der Waals surface area (Å²) in [5.74, 6) is -1.03. The predicted molar refractivity (Wildman–Crippen MR) is 208 cm³/mol. The van der Waals surface area contributed by atoms with Gasteiger partial charge in [-0.3, -0.25) is 14.1 Å². The van der Waals surface area contributed by atoms with Crippen LogP contribution in [0.4, 0.5) is 0 Å². The second-order valence-electron chi connectivity index (χ2n) is 12.4. The molecule has 0 saturated carbocycles. The fraction of sp³-hybridized carbons (Fsp3) is 0.610. The van der Waals surface area contributed by atoms with Gasteiger partial charge in [0, 0.05) is 12.8 Å². The van der Waals surface area contributed by atoms with E-state index in [2.05, 4.69) is 67.0 Å². The molecule has 0 saturated heterocycles. The highest BCUT2D eigenvalue weighted by atomic mass is 31.2. The molecule has 0 unspecified atom stereocenters. The molecule has 2 atom stereocenters. The molecule has 0 aromatic rings. The Bertz CT molecular complexity index is 1110. The SMILES string of the molecule is CCCCC/C=C\C/C=C\C/C=C\CCCCC(=O)O[C@H](COC(=O)CCC/C=C\C/C=C\C/C=C\C=C\[C@H](O)CCCCC)COP(=O)(O)O. The van der Waals surface area contributed by atoms with E-state index in [0.717, 1.165) is 70.6 Å². The number of esters is 2. The Labute approximate surface area is 308 Å². The second-order valence-corrected chi connectivity index (χ2v) is 13.6. The molecule has 0 radical (unpaired) electrons. The van der Waals surface area contributed by atoms with E-state index in [1.165, 1.54) is 19.3 Å². The Balaban J connectivity index is 4.20. The van der Waals surface area contributed by atoms with Crippen molar-refractivity contribution < 1.29 is 43.0 Å². The molecule has 0 amide bonds. The molecule has 0 heterocycles. The van der Waals surface area contributed by atoms with Crippen molar-refractivity contribution in [3.05, 3.63) is 85.1 Å². The fourth-order valence-corrected chi connectivity index (χ4v) is 4.96. The number of ether oxygens (including phenoxy) is 2. The second kappa shape index (κ2) is 35.6. The third-order valence-electron chi connectivity index (χ3n) is 7.49. The predicted octanol–water partition coefficient (Wildman–Crippen LogP) is 10.3. The number of carbonyl (C=O) groups excluding carboxylic acids is 2. The Morgan fingerprint density at radius 3 is 1.71 bits per heavy atom. The lowest BCUT2D eigenvalue weighted by Crippen LogP contribution is -2.29. The van der Waals surface area contributed by atoms with E-state index in [0.29, 0.717) is 19.3 Å². The van der Waals surface area contributed by atoms with E-state index in [4.69, 9.17) is 19.3 Å². The summed E-state index contributed by atoms with van der Waals surface area (Å²) in [4.78, 5) is 42.7. The third-order valence-corrected chi connectivity index (χ3v) is 7.98. The van der Waals surface area contributed by atoms with Gasteiger partial charge in [-0.1, -0.05) is 131 Å². The molecule has 0 aromatic carbocycles. The molecule has 51 heavy (non-hydrogen) atoms. The van der Waals surface area contributed by atoms with Gasteiger partial charge < -0.3 is 24.4 Å². The first-order valence-corrected chi connectivity index (χ1v) is 20.5. The number of phosphoric acid groups is 1. The molecule has 0 aliphatic heterocycles. The molecule has 3 N–H and O–H groups in total. The van der Waals surface area contributed by atoms with Crippen LogP contribution in [-0.2, 0) is 28.2 Å². The van der Waals surface area contributed by atoms with E-state index in [1.54, 1.807) is 0 Å². The summed E-state index contributed by atoms with van der Waals surface area (Å²) in [6, 6.07) is 0. The number of hydrogen-bond acceptors (Lipinski definition) is 7. The van der Waals surface area contributed by atoms with Crippen LogP contribution in [0.3, 0.4) is 0 Å². The molecular formula is C41H67O9P. The van der Waals surface area contributed by atoms with E-state index >= 15 is 0 Å². The summed E-state index contributed by atoms with van der Waals surface area (Å²) in [6.45, 7) is 3.42. The summed E-state index contributed by atoms with van der Waals surface area (Å²) in [5, 5.41) is 9.86. The summed E-state index contributed by atoms with van der Waals surface area (Å²) in [6.07, 6.45) is 43.5. The Kier molecular flexibility index (Phi) is 33.6. The zero-order valence-electron chi connectivity index (χ0n) is 31.3. The van der Waals surface area contributed by atoms with E-state index in [-0.39, 0.29) is 25.6 Å². The quantitative estimate of drug-likeness (QED) is 0.0198. The Morgan fingerprint density at radius 1 is 0.608 bits per heavy atom. The van der Waals surface area contributed by atoms with Gasteiger partial charge in [-0.05, 0) is 77.0 Å². The number of unbranched alkanes of at least 4 members (excludes halogenated alkanes) is 8. The van der Waals surface area contributed by atoms with Crippen LogP contribution in [0.25, 0.3) is 0 Å². The number of allylic oxidation sites excluding steroid dienone is 13. The minimum Gasteiger partial charge on any atom is -0.462 e. The topological polar surface area (TPSA) is 140 Å². The van der Waals surface area contributed by atoms with E-state index in [1.807, 2.05) is 36.5 Å². The van der Waals surface area contributed by atoms with Crippen molar-refractivity contribution in [2.24, 2.45) is 0 Å². The van der Waals surface area contributed by atoms with Crippen molar-refractivity contribution in [2.45, 2.75) is 148 Å². The van der Waals surface area contributed by atoms with Gasteiger partial charge in [0.1, 0.15) is 6.61 Å². The van der Waals surface area contributed by atoms with Crippen molar-refractivity contribution in [1.29, 1.82) is 0 Å². The van der Waals surface area contributed by atoms with E-state index in [9.17, 15) is 19.3 Å². The van der Waals surface area contributed by atoms with Crippen molar-refractivity contribution in [3.63, 3.8) is 0 Å². The summed E-state index contributed by atoms with van der Waals surface area (Å²) < 4.78 is 26.2. The van der Waals surface area contributed by atoms with Crippen LogP contribution < -0.4 is 0 Å². The van der Waals surface area contributed by atoms with Gasteiger partial charge in [-0.25, -0.2) is 4.57 Å². The molecule has 0 aliphatic carbocycles. The van der Waals surface area contributed by atoms with Crippen LogP contribution in [0.2, 0.25) is 0 Å². The van der Waals surface area contributed by atoms with Gasteiger partial charge in [0.05, 0.1) is 12.7 Å². The summed E-state index contributed by atoms with van der Waals surface area (Å²) >= 11 is 0. The number of aliphatic hydroxyl groups excluding tert-OH is 1. The first-order valence-electron chi connectivity index (χ1n) is 19.0. The van der Waals surface area contributed by atoms with Gasteiger partial charge in [0.25, 0.3) is 0 Å². The average molecular weight is 735 g/mol. The number of hydrogen-bond donors (Lipinski definition) is 3. The van der Waals surface area contributed by atoms with Crippen LogP contribution in [0.1, 0.15) is 136 Å². The summed E-state index contributed by atoms with van der Waals surface area (Å²) in [7, 11) is -4.79. The first kappa shape index (κ1) is 48.2. The fourth-order valence-electron chi connectivity index (χ4n) is 4.60. The molecule has 290 valence electrons. The molecule has 0 bridgehead atoms. The first-order chi connectivity index (χ1) is 24.7. The molecule has 0 aromatic heterocycles. The van der Waals surface area contributed by atoms with Gasteiger partial charge in [0.15, 0.2) is 6.10 Å². The van der Waals surface area contributed by atoms with Gasteiger partial charge in [-0.2, -0.15) is 0 Å². The minimum atomic E-state index is -4.79. The molecule has 9 nitrogen and oxygen atoms in total. The van der Waals surface area contributed by atoms with Crippen LogP contribution in [0.5, 0.6) is 0 Å². The third kappa shape index (κ3) is 38.3. The highest BCUT2D eigenvalue weighted by Crippen LogP contribution is 2.35. The van der Waals surface area contributed by atoms with Crippen LogP contribution in [-0.4, -0.2) is 52.3 Å². The standard InChI is InChI=1S/C41H67O9P/c1-3-5-7-8-9-10-11-12-13-14-17-21-24-27-31-35-41(44)50-39(37-49-51(45,46)47)36-48-40(43)34-30-26-23-20-18-15-16-19-22-25-29-33-38(42)32-28-6-4-2/h9-10,12-13,15-17,20-23,25,29,33,38-39,42H,3-8,11,14,18-19,24,26-28,30-32,34-37H2,1-2H3,(H2,45,46,47)/b10-9-,13-12-,16-15-,21-17-,23-20-,25-22-,33-29+/t38-,39-/m1/s1. The smallest absolute Gasteiger partial charge is 0.462 e. The molecule has 0 fully saturated rings. The number of aliphatic hydroxyl groups is 1. The Hall–Kier alpha value is -2.81. The van der Waals surface area contributed by atoms with Gasteiger partial charge in [0.2, 0.25) is 0 Å². The molecule has 0 spiro atoms. The lowest BCUT2D eigenvalue weighted by atomic mass is 10.1. The average Bonchev–Trinajstić information content (AvgIpc) is 3.09. The van der Waals surface area contributed by atoms with Crippen molar-refractivity contribution in [2.75, 3.05) is 13.2 Å². The maximum Gasteiger partial charge on any atom is 0.469 e. The van der Waals surface area contributed by atoms with Crippen LogP contribution in [0.15, 0.2) is 85.1 Å². The molecule has 0 rings (SSSR count). The monoisotopic (exact) mass is 734 g/mol. The largest absolute Gasteiger partial charge is 0.469 e. The molecule has 10 heteroatoms. The van der Waals surface area contributed by atoms with Gasteiger partial charge in [-0.15, -0.1) is 0 Å². The number of rotatable bonds is 33. The Morgan fingerprint density at radius 2 is 1.12 bits per heavy atom. The van der Waals surface area contributed by atoms with Crippen molar-refractivity contribution >= 4 is 19.8 Å². The van der Waals surface area contributed by atoms with Crippen molar-refractivity contribution in [1.82, 2.24) is 0 Å². The van der Waals surface area contributed by atoms with Crippen LogP contribution >= 0.6 is 7.82 Å². The molecular weight excluding hydrogens is 667 g/mol. The van der Waals surface area contributed by atoms with Crippen LogP contribution in [0, 0.1) is 0 Å². The normalized spacial score (nSPS) is 14.1. The molecule has 0 aliphatic rings. The highest BCUT2D eigenvalue weighted by molar-refractivity contribution is 7.46. The minimum absolute atomic E-state index is 0.137. The van der Waals surface area contributed by atoms with E-state index < -0.39 is 32.5 Å².